The molecule has 0 bridgehead atoms. The molecule has 0 amide bonds. The number of benzene rings is 1. The van der Waals surface area contributed by atoms with Crippen LogP contribution in [0.3, 0.4) is 0 Å². The van der Waals surface area contributed by atoms with Gasteiger partial charge in [-0.15, -0.1) is 11.3 Å². The molecule has 1 aliphatic heterocycles. The maximum absolute atomic E-state index is 6.17. The second kappa shape index (κ2) is 6.04. The smallest absolute Gasteiger partial charge is 0.231 e. The van der Waals surface area contributed by atoms with Gasteiger partial charge in [0.05, 0.1) is 5.02 Å². The van der Waals surface area contributed by atoms with E-state index < -0.39 is 0 Å². The van der Waals surface area contributed by atoms with E-state index in [0.29, 0.717) is 16.8 Å². The molecule has 0 saturated heterocycles. The number of thiophene rings is 1. The van der Waals surface area contributed by atoms with Crippen molar-refractivity contribution in [1.29, 1.82) is 0 Å². The summed E-state index contributed by atoms with van der Waals surface area (Å²) >= 11 is 7.97. The van der Waals surface area contributed by atoms with Crippen molar-refractivity contribution in [2.75, 3.05) is 6.79 Å². The third-order valence-corrected chi connectivity index (χ3v) is 4.41. The molecule has 2 heterocycles. The summed E-state index contributed by atoms with van der Waals surface area (Å²) in [4.78, 5) is 1.40. The molecule has 0 fully saturated rings. The molecule has 20 heavy (non-hydrogen) atoms. The first-order valence-electron chi connectivity index (χ1n) is 6.56. The maximum atomic E-state index is 6.17. The number of ether oxygens (including phenoxy) is 2. The predicted molar refractivity (Wildman–Crippen MR) is 81.9 cm³/mol. The summed E-state index contributed by atoms with van der Waals surface area (Å²) in [5.41, 5.74) is 1.11. The van der Waals surface area contributed by atoms with Crippen LogP contribution in [-0.4, -0.2) is 12.8 Å². The fourth-order valence-corrected chi connectivity index (χ4v) is 3.34. The van der Waals surface area contributed by atoms with E-state index in [2.05, 4.69) is 29.8 Å². The molecular weight excluding hydrogens is 294 g/mol. The number of hydrogen-bond acceptors (Lipinski definition) is 4. The van der Waals surface area contributed by atoms with E-state index >= 15 is 0 Å². The van der Waals surface area contributed by atoms with Gasteiger partial charge in [-0.1, -0.05) is 17.7 Å². The standard InChI is InChI=1S/C15H16ClNO2S/c1-10(5-12-3-2-4-20-12)17-8-11-6-13(16)15-14(7-11)18-9-19-15/h2-4,6-7,10,17H,5,8-9H2,1H3. The number of nitrogens with one attached hydrogen (secondary N) is 1. The highest BCUT2D eigenvalue weighted by molar-refractivity contribution is 7.09. The normalized spacial score (nSPS) is 14.5. The summed E-state index contributed by atoms with van der Waals surface area (Å²) < 4.78 is 10.7. The third-order valence-electron chi connectivity index (χ3n) is 3.23. The van der Waals surface area contributed by atoms with Crippen LogP contribution in [0.25, 0.3) is 0 Å². The lowest BCUT2D eigenvalue weighted by Gasteiger charge is -2.13. The van der Waals surface area contributed by atoms with Gasteiger partial charge >= 0.3 is 0 Å². The molecule has 1 N–H and O–H groups in total. The Morgan fingerprint density at radius 2 is 2.30 bits per heavy atom. The van der Waals surface area contributed by atoms with Gasteiger partial charge in [0.25, 0.3) is 0 Å². The molecule has 1 aliphatic rings. The first-order chi connectivity index (χ1) is 9.72. The van der Waals surface area contributed by atoms with Crippen molar-refractivity contribution < 1.29 is 9.47 Å². The molecule has 0 radical (unpaired) electrons. The lowest BCUT2D eigenvalue weighted by molar-refractivity contribution is 0.174. The van der Waals surface area contributed by atoms with Crippen LogP contribution in [-0.2, 0) is 13.0 Å². The predicted octanol–water partition coefficient (Wildman–Crippen LogP) is 3.85. The Hall–Kier alpha value is -1.23. The van der Waals surface area contributed by atoms with Crippen LogP contribution in [0, 0.1) is 0 Å². The number of hydrogen-bond donors (Lipinski definition) is 1. The van der Waals surface area contributed by atoms with Gasteiger partial charge in [-0.3, -0.25) is 0 Å². The number of halogens is 1. The van der Waals surface area contributed by atoms with E-state index in [-0.39, 0.29) is 6.79 Å². The zero-order valence-corrected chi connectivity index (χ0v) is 12.8. The third kappa shape index (κ3) is 3.08. The van der Waals surface area contributed by atoms with Gasteiger partial charge in [-0.05, 0) is 42.5 Å². The van der Waals surface area contributed by atoms with E-state index in [9.17, 15) is 0 Å². The molecule has 3 nitrogen and oxygen atoms in total. The summed E-state index contributed by atoms with van der Waals surface area (Å²) in [5, 5.41) is 6.23. The van der Waals surface area contributed by atoms with Gasteiger partial charge in [0.15, 0.2) is 11.5 Å². The van der Waals surface area contributed by atoms with E-state index in [0.717, 1.165) is 24.3 Å². The van der Waals surface area contributed by atoms with Crippen LogP contribution in [0.5, 0.6) is 11.5 Å². The lowest BCUT2D eigenvalue weighted by Crippen LogP contribution is -2.27. The number of fused-ring (bicyclic) bond motifs is 1. The Balaban J connectivity index is 1.59. The van der Waals surface area contributed by atoms with E-state index in [1.807, 2.05) is 12.1 Å². The van der Waals surface area contributed by atoms with Crippen LogP contribution >= 0.6 is 22.9 Å². The minimum absolute atomic E-state index is 0.251. The largest absolute Gasteiger partial charge is 0.454 e. The average molecular weight is 310 g/mol. The van der Waals surface area contributed by atoms with Gasteiger partial charge < -0.3 is 14.8 Å². The van der Waals surface area contributed by atoms with Gasteiger partial charge in [0.1, 0.15) is 0 Å². The first kappa shape index (κ1) is 13.7. The van der Waals surface area contributed by atoms with Crippen molar-refractivity contribution in [2.45, 2.75) is 25.9 Å². The summed E-state index contributed by atoms with van der Waals surface area (Å²) in [6, 6.07) is 8.58. The topological polar surface area (TPSA) is 30.5 Å². The van der Waals surface area contributed by atoms with E-state index in [1.165, 1.54) is 4.88 Å². The molecule has 1 aromatic heterocycles. The first-order valence-corrected chi connectivity index (χ1v) is 7.82. The Morgan fingerprint density at radius 3 is 3.10 bits per heavy atom. The highest BCUT2D eigenvalue weighted by Gasteiger charge is 2.18. The Bertz CT molecular complexity index is 586. The Morgan fingerprint density at radius 1 is 1.40 bits per heavy atom. The van der Waals surface area contributed by atoms with Gasteiger partial charge in [-0.25, -0.2) is 0 Å². The number of rotatable bonds is 5. The van der Waals surface area contributed by atoms with Crippen molar-refractivity contribution in [3.63, 3.8) is 0 Å². The molecule has 1 unspecified atom stereocenters. The Kier molecular flexibility index (Phi) is 4.15. The van der Waals surface area contributed by atoms with Crippen LogP contribution in [0.1, 0.15) is 17.4 Å². The van der Waals surface area contributed by atoms with Gasteiger partial charge in [-0.2, -0.15) is 0 Å². The van der Waals surface area contributed by atoms with Gasteiger partial charge in [0, 0.05) is 17.5 Å². The zero-order chi connectivity index (χ0) is 13.9. The second-order valence-electron chi connectivity index (χ2n) is 4.88. The van der Waals surface area contributed by atoms with Crippen LogP contribution in [0.15, 0.2) is 29.6 Å². The SMILES string of the molecule is CC(Cc1cccs1)NCc1cc(Cl)c2c(c1)OCO2. The maximum Gasteiger partial charge on any atom is 0.231 e. The molecule has 2 aromatic rings. The molecular formula is C15H16ClNO2S. The highest BCUT2D eigenvalue weighted by atomic mass is 35.5. The fourth-order valence-electron chi connectivity index (χ4n) is 2.22. The molecule has 1 atom stereocenters. The van der Waals surface area contributed by atoms with Crippen molar-refractivity contribution in [1.82, 2.24) is 5.32 Å². The zero-order valence-electron chi connectivity index (χ0n) is 11.2. The lowest BCUT2D eigenvalue weighted by atomic mass is 10.1. The van der Waals surface area contributed by atoms with Crippen molar-refractivity contribution >= 4 is 22.9 Å². The highest BCUT2D eigenvalue weighted by Crippen LogP contribution is 2.39. The second-order valence-corrected chi connectivity index (χ2v) is 6.32. The molecule has 0 spiro atoms. The van der Waals surface area contributed by atoms with Crippen LogP contribution in [0.2, 0.25) is 5.02 Å². The minimum atomic E-state index is 0.251. The van der Waals surface area contributed by atoms with Crippen LogP contribution in [0.4, 0.5) is 0 Å². The van der Waals surface area contributed by atoms with Crippen molar-refractivity contribution in [3.8, 4) is 11.5 Å². The monoisotopic (exact) mass is 309 g/mol. The van der Waals surface area contributed by atoms with E-state index in [4.69, 9.17) is 21.1 Å². The molecule has 0 saturated carbocycles. The summed E-state index contributed by atoms with van der Waals surface area (Å²) in [7, 11) is 0. The molecule has 1 aromatic carbocycles. The van der Waals surface area contributed by atoms with Crippen molar-refractivity contribution in [2.24, 2.45) is 0 Å². The summed E-state index contributed by atoms with van der Waals surface area (Å²) in [6.45, 7) is 3.21. The molecule has 3 rings (SSSR count). The van der Waals surface area contributed by atoms with E-state index in [1.54, 1.807) is 11.3 Å². The van der Waals surface area contributed by atoms with Crippen molar-refractivity contribution in [3.05, 3.63) is 45.1 Å². The fraction of sp³-hybridized carbons (Fsp3) is 0.333. The molecule has 0 aliphatic carbocycles. The van der Waals surface area contributed by atoms with Gasteiger partial charge in [0.2, 0.25) is 6.79 Å². The average Bonchev–Trinajstić information content (AvgIpc) is 3.07. The Labute approximate surface area is 127 Å². The minimum Gasteiger partial charge on any atom is -0.454 e. The summed E-state index contributed by atoms with van der Waals surface area (Å²) in [5.74, 6) is 1.39. The quantitative estimate of drug-likeness (QED) is 0.910. The van der Waals surface area contributed by atoms with Crippen LogP contribution < -0.4 is 14.8 Å². The molecule has 5 heteroatoms. The summed E-state index contributed by atoms with van der Waals surface area (Å²) in [6.07, 6.45) is 1.04. The molecule has 106 valence electrons.